The second-order valence-electron chi connectivity index (χ2n) is 3.84. The number of rotatable bonds is 5. The quantitative estimate of drug-likeness (QED) is 0.609. The monoisotopic (exact) mass is 223 g/mol. The average molecular weight is 223 g/mol. The van der Waals surface area contributed by atoms with Crippen LogP contribution >= 0.6 is 0 Å². The predicted molar refractivity (Wildman–Crippen MR) is 64.9 cm³/mol. The lowest BCUT2D eigenvalue weighted by Crippen LogP contribution is -2.35. The summed E-state index contributed by atoms with van der Waals surface area (Å²) in [5.41, 5.74) is 1.10. The highest BCUT2D eigenvalue weighted by atomic mass is 16.6. The number of hydrogen-bond donors (Lipinski definition) is 1. The lowest BCUT2D eigenvalue weighted by Gasteiger charge is -2.22. The van der Waals surface area contributed by atoms with Gasteiger partial charge in [0.25, 0.3) is 5.69 Å². The molecule has 1 unspecified atom stereocenters. The van der Waals surface area contributed by atoms with Gasteiger partial charge in [-0.05, 0) is 26.1 Å². The van der Waals surface area contributed by atoms with Gasteiger partial charge in [-0.3, -0.25) is 10.1 Å². The lowest BCUT2D eigenvalue weighted by atomic mass is 10.2. The first-order chi connectivity index (χ1) is 7.54. The van der Waals surface area contributed by atoms with Crippen molar-refractivity contribution in [1.29, 1.82) is 0 Å². The van der Waals surface area contributed by atoms with Gasteiger partial charge in [0.05, 0.1) is 4.92 Å². The van der Waals surface area contributed by atoms with Gasteiger partial charge in [-0.15, -0.1) is 0 Å². The number of benzene rings is 1. The Balaban J connectivity index is 2.70. The third kappa shape index (κ3) is 3.20. The van der Waals surface area contributed by atoms with Crippen LogP contribution in [0.5, 0.6) is 0 Å². The highest BCUT2D eigenvalue weighted by molar-refractivity contribution is 5.50. The van der Waals surface area contributed by atoms with Gasteiger partial charge in [-0.2, -0.15) is 0 Å². The minimum atomic E-state index is -0.389. The Hall–Kier alpha value is -1.62. The molecule has 0 aliphatic rings. The van der Waals surface area contributed by atoms with E-state index in [1.54, 1.807) is 12.1 Å². The first-order valence-electron chi connectivity index (χ1n) is 5.17. The molecule has 0 aromatic heterocycles. The van der Waals surface area contributed by atoms with E-state index in [-0.39, 0.29) is 10.6 Å². The third-order valence-corrected chi connectivity index (χ3v) is 2.54. The molecular formula is C11H17N3O2. The number of nitrogens with one attached hydrogen (secondary N) is 1. The Kier molecular flexibility index (Phi) is 4.25. The van der Waals surface area contributed by atoms with Crippen molar-refractivity contribution in [3.8, 4) is 0 Å². The van der Waals surface area contributed by atoms with Gasteiger partial charge in [0.2, 0.25) is 0 Å². The highest BCUT2D eigenvalue weighted by Crippen LogP contribution is 2.18. The van der Waals surface area contributed by atoms with E-state index in [1.807, 2.05) is 14.1 Å². The summed E-state index contributed by atoms with van der Waals surface area (Å²) in [7, 11) is 3.88. The zero-order valence-electron chi connectivity index (χ0n) is 9.80. The number of likely N-dealkylation sites (N-methyl/N-ethyl adjacent to an activating group) is 2. The van der Waals surface area contributed by atoms with Crippen LogP contribution in [-0.2, 0) is 0 Å². The predicted octanol–water partition coefficient (Wildman–Crippen LogP) is 1.64. The Morgan fingerprint density at radius 3 is 2.44 bits per heavy atom. The minimum Gasteiger partial charge on any atom is -0.373 e. The molecule has 0 fully saturated rings. The maximum atomic E-state index is 10.5. The zero-order chi connectivity index (χ0) is 12.1. The van der Waals surface area contributed by atoms with Gasteiger partial charge in [0, 0.05) is 37.5 Å². The summed E-state index contributed by atoms with van der Waals surface area (Å²) in [5.74, 6) is 0. The smallest absolute Gasteiger partial charge is 0.269 e. The summed E-state index contributed by atoms with van der Waals surface area (Å²) >= 11 is 0. The fourth-order valence-electron chi connectivity index (χ4n) is 1.44. The highest BCUT2D eigenvalue weighted by Gasteiger charge is 2.08. The molecule has 5 heteroatoms. The second-order valence-corrected chi connectivity index (χ2v) is 3.84. The molecule has 0 amide bonds. The molecule has 0 saturated carbocycles. The average Bonchev–Trinajstić information content (AvgIpc) is 2.28. The van der Waals surface area contributed by atoms with Crippen molar-refractivity contribution in [3.63, 3.8) is 0 Å². The maximum absolute atomic E-state index is 10.5. The van der Waals surface area contributed by atoms with Crippen molar-refractivity contribution in [1.82, 2.24) is 5.32 Å². The molecule has 0 heterocycles. The Bertz CT molecular complexity index is 351. The maximum Gasteiger partial charge on any atom is 0.269 e. The topological polar surface area (TPSA) is 58.4 Å². The number of nitrogens with zero attached hydrogens (tertiary/aromatic N) is 2. The fraction of sp³-hybridized carbons (Fsp3) is 0.455. The molecule has 1 aromatic rings. The van der Waals surface area contributed by atoms with E-state index >= 15 is 0 Å². The van der Waals surface area contributed by atoms with Crippen molar-refractivity contribution in [3.05, 3.63) is 34.4 Å². The van der Waals surface area contributed by atoms with Crippen LogP contribution in [-0.4, -0.2) is 31.6 Å². The molecule has 1 aromatic carbocycles. The summed E-state index contributed by atoms with van der Waals surface area (Å²) in [5, 5.41) is 13.6. The van der Waals surface area contributed by atoms with E-state index in [1.165, 1.54) is 12.1 Å². The molecule has 5 nitrogen and oxygen atoms in total. The zero-order valence-corrected chi connectivity index (χ0v) is 9.80. The van der Waals surface area contributed by atoms with Crippen LogP contribution in [0.25, 0.3) is 0 Å². The van der Waals surface area contributed by atoms with E-state index < -0.39 is 0 Å². The van der Waals surface area contributed by atoms with E-state index in [9.17, 15) is 10.1 Å². The summed E-state index contributed by atoms with van der Waals surface area (Å²) in [6.07, 6.45) is 0. The molecule has 0 radical (unpaired) electrons. The van der Waals surface area contributed by atoms with Gasteiger partial charge >= 0.3 is 0 Å². The summed E-state index contributed by atoms with van der Waals surface area (Å²) in [6.45, 7) is 2.94. The van der Waals surface area contributed by atoms with Crippen LogP contribution in [0.1, 0.15) is 6.92 Å². The Morgan fingerprint density at radius 1 is 1.44 bits per heavy atom. The van der Waals surface area contributed by atoms with Gasteiger partial charge in [-0.25, -0.2) is 0 Å². The number of hydrogen-bond acceptors (Lipinski definition) is 4. The van der Waals surface area contributed by atoms with Crippen LogP contribution < -0.4 is 10.2 Å². The van der Waals surface area contributed by atoms with Crippen molar-refractivity contribution >= 4 is 11.4 Å². The number of nitro benzene ring substituents is 1. The molecule has 0 saturated heterocycles. The van der Waals surface area contributed by atoms with E-state index in [0.29, 0.717) is 6.04 Å². The summed E-state index contributed by atoms with van der Waals surface area (Å²) < 4.78 is 0. The molecule has 0 aliphatic heterocycles. The molecular weight excluding hydrogens is 206 g/mol. The summed E-state index contributed by atoms with van der Waals surface area (Å²) in [6, 6.07) is 6.95. The molecule has 16 heavy (non-hydrogen) atoms. The van der Waals surface area contributed by atoms with Crippen molar-refractivity contribution in [2.24, 2.45) is 0 Å². The van der Waals surface area contributed by atoms with Crippen LogP contribution in [0.3, 0.4) is 0 Å². The molecule has 1 atom stereocenters. The molecule has 1 N–H and O–H groups in total. The molecule has 0 spiro atoms. The molecule has 1 rings (SSSR count). The third-order valence-electron chi connectivity index (χ3n) is 2.54. The molecule has 0 bridgehead atoms. The molecule has 88 valence electrons. The Labute approximate surface area is 95.2 Å². The molecule has 0 aliphatic carbocycles. The van der Waals surface area contributed by atoms with Crippen LogP contribution in [0.2, 0.25) is 0 Å². The van der Waals surface area contributed by atoms with Gasteiger partial charge in [0.1, 0.15) is 0 Å². The normalized spacial score (nSPS) is 12.2. The van der Waals surface area contributed by atoms with Crippen LogP contribution in [0.4, 0.5) is 11.4 Å². The van der Waals surface area contributed by atoms with Crippen molar-refractivity contribution < 1.29 is 4.92 Å². The van der Waals surface area contributed by atoms with E-state index in [4.69, 9.17) is 0 Å². The second kappa shape index (κ2) is 5.46. The number of nitro groups is 1. The van der Waals surface area contributed by atoms with E-state index in [2.05, 4.69) is 17.1 Å². The van der Waals surface area contributed by atoms with Crippen LogP contribution in [0, 0.1) is 10.1 Å². The standard InChI is InChI=1S/C11H17N3O2/c1-9(12-2)8-13(3)10-4-6-11(7-5-10)14(15)16/h4-7,9,12H,8H2,1-3H3. The largest absolute Gasteiger partial charge is 0.373 e. The van der Waals surface area contributed by atoms with Crippen molar-refractivity contribution in [2.45, 2.75) is 13.0 Å². The van der Waals surface area contributed by atoms with Gasteiger partial charge in [0.15, 0.2) is 0 Å². The minimum absolute atomic E-state index is 0.124. The summed E-state index contributed by atoms with van der Waals surface area (Å²) in [4.78, 5) is 12.2. The van der Waals surface area contributed by atoms with Gasteiger partial charge < -0.3 is 10.2 Å². The number of non-ortho nitro benzene ring substituents is 1. The first-order valence-corrected chi connectivity index (χ1v) is 5.17. The van der Waals surface area contributed by atoms with Crippen LogP contribution in [0.15, 0.2) is 24.3 Å². The Morgan fingerprint density at radius 2 is 2.00 bits per heavy atom. The first kappa shape index (κ1) is 12.4. The lowest BCUT2D eigenvalue weighted by molar-refractivity contribution is -0.384. The number of anilines is 1. The van der Waals surface area contributed by atoms with Crippen molar-refractivity contribution in [2.75, 3.05) is 25.5 Å². The van der Waals surface area contributed by atoms with E-state index in [0.717, 1.165) is 12.2 Å². The van der Waals surface area contributed by atoms with Gasteiger partial charge in [-0.1, -0.05) is 0 Å². The fourth-order valence-corrected chi connectivity index (χ4v) is 1.44. The SMILES string of the molecule is CNC(C)CN(C)c1ccc([N+](=O)[O-])cc1.